The maximum Gasteiger partial charge on any atom is 0.292 e. The zero-order valence-electron chi connectivity index (χ0n) is 11.7. The molecule has 0 aliphatic rings. The van der Waals surface area contributed by atoms with E-state index in [2.05, 4.69) is 20.8 Å². The monoisotopic (exact) mass is 301 g/mol. The van der Waals surface area contributed by atoms with Gasteiger partial charge in [-0.1, -0.05) is 0 Å². The number of ether oxygens (including phenoxy) is 1. The molecular formula is C15H15N3O2S. The summed E-state index contributed by atoms with van der Waals surface area (Å²) in [5.74, 6) is 0. The number of hydrogen-bond donors (Lipinski definition) is 1. The van der Waals surface area contributed by atoms with Gasteiger partial charge in [0.1, 0.15) is 5.01 Å². The summed E-state index contributed by atoms with van der Waals surface area (Å²) in [6.07, 6.45) is 3.60. The smallest absolute Gasteiger partial charge is 0.292 e. The van der Waals surface area contributed by atoms with Crippen molar-refractivity contribution in [3.63, 3.8) is 0 Å². The van der Waals surface area contributed by atoms with Crippen molar-refractivity contribution in [3.8, 4) is 10.6 Å². The molecule has 3 aromatic rings. The van der Waals surface area contributed by atoms with Gasteiger partial charge in [-0.15, -0.1) is 11.3 Å². The number of methoxy groups -OCH3 is 1. The average molecular weight is 301 g/mol. The first-order valence-electron chi connectivity index (χ1n) is 6.18. The second kappa shape index (κ2) is 6.81. The molecule has 0 atom stereocenters. The van der Waals surface area contributed by atoms with Gasteiger partial charge in [-0.05, 0) is 36.8 Å². The van der Waals surface area contributed by atoms with Crippen LogP contribution in [0.25, 0.3) is 20.8 Å². The maximum atomic E-state index is 8.95. The molecule has 2 aromatic heterocycles. The van der Waals surface area contributed by atoms with Crippen molar-refractivity contribution in [2.45, 2.75) is 6.92 Å². The number of hydrogen-bond acceptors (Lipinski definition) is 6. The number of carbonyl (C=O) groups excluding carboxylic acids is 1. The Kier molecular flexibility index (Phi) is 4.84. The number of nitrogens with two attached hydrogens (primary N) is 1. The molecule has 2 heterocycles. The molecule has 2 N–H and O–H groups in total. The summed E-state index contributed by atoms with van der Waals surface area (Å²) in [5, 5.41) is 0.989. The van der Waals surface area contributed by atoms with Gasteiger partial charge in [0, 0.05) is 23.6 Å². The van der Waals surface area contributed by atoms with E-state index in [4.69, 9.17) is 10.5 Å². The van der Waals surface area contributed by atoms with E-state index in [9.17, 15) is 0 Å². The largest absolute Gasteiger partial charge is 0.471 e. The second-order valence-electron chi connectivity index (χ2n) is 4.33. The van der Waals surface area contributed by atoms with Crippen LogP contribution in [-0.2, 0) is 9.53 Å². The van der Waals surface area contributed by atoms with Gasteiger partial charge in [0.15, 0.2) is 0 Å². The minimum atomic E-state index is 0.375. The summed E-state index contributed by atoms with van der Waals surface area (Å²) in [5.41, 5.74) is 9.84. The fraction of sp³-hybridized carbons (Fsp3) is 0.133. The highest BCUT2D eigenvalue weighted by atomic mass is 32.1. The van der Waals surface area contributed by atoms with Crippen LogP contribution in [0.2, 0.25) is 0 Å². The van der Waals surface area contributed by atoms with Gasteiger partial charge in [0.25, 0.3) is 6.47 Å². The third-order valence-electron chi connectivity index (χ3n) is 2.63. The number of fused-ring (bicyclic) bond motifs is 1. The number of pyridine rings is 1. The van der Waals surface area contributed by atoms with Crippen molar-refractivity contribution in [3.05, 3.63) is 42.2 Å². The highest BCUT2D eigenvalue weighted by Crippen LogP contribution is 2.30. The molecular weight excluding hydrogens is 286 g/mol. The van der Waals surface area contributed by atoms with Crippen LogP contribution in [0.15, 0.2) is 36.7 Å². The van der Waals surface area contributed by atoms with Gasteiger partial charge >= 0.3 is 0 Å². The van der Waals surface area contributed by atoms with Gasteiger partial charge in [0.05, 0.1) is 17.3 Å². The highest BCUT2D eigenvalue weighted by Gasteiger charge is 2.06. The molecule has 6 heteroatoms. The molecule has 0 fully saturated rings. The first-order chi connectivity index (χ1) is 10.1. The number of nitrogens with zero attached hydrogens (tertiary/aromatic N) is 2. The maximum absolute atomic E-state index is 8.95. The van der Waals surface area contributed by atoms with Crippen molar-refractivity contribution >= 4 is 33.7 Å². The number of anilines is 1. The molecule has 108 valence electrons. The van der Waals surface area contributed by atoms with Crippen molar-refractivity contribution in [1.82, 2.24) is 9.97 Å². The van der Waals surface area contributed by atoms with Crippen LogP contribution in [0.3, 0.4) is 0 Å². The van der Waals surface area contributed by atoms with E-state index in [1.807, 2.05) is 31.3 Å². The van der Waals surface area contributed by atoms with E-state index in [0.717, 1.165) is 32.0 Å². The van der Waals surface area contributed by atoms with Crippen LogP contribution >= 0.6 is 11.3 Å². The Labute approximate surface area is 126 Å². The predicted octanol–water partition coefficient (Wildman–Crippen LogP) is 3.04. The van der Waals surface area contributed by atoms with Crippen LogP contribution in [0.1, 0.15) is 5.56 Å². The molecule has 0 aliphatic carbocycles. The normalized spacial score (nSPS) is 9.81. The van der Waals surface area contributed by atoms with Crippen LogP contribution in [0.5, 0.6) is 0 Å². The Morgan fingerprint density at radius 1 is 1.33 bits per heavy atom. The van der Waals surface area contributed by atoms with Gasteiger partial charge < -0.3 is 10.5 Å². The summed E-state index contributed by atoms with van der Waals surface area (Å²) in [7, 11) is 1.31. The lowest BCUT2D eigenvalue weighted by atomic mass is 10.1. The van der Waals surface area contributed by atoms with Crippen molar-refractivity contribution < 1.29 is 9.53 Å². The Balaban J connectivity index is 0.000000361. The average Bonchev–Trinajstić information content (AvgIpc) is 2.90. The summed E-state index contributed by atoms with van der Waals surface area (Å²) in [6.45, 7) is 2.41. The van der Waals surface area contributed by atoms with Crippen LogP contribution in [-0.4, -0.2) is 23.5 Å². The zero-order chi connectivity index (χ0) is 15.2. The standard InChI is InChI=1S/C13H11N3S.C2H4O2/c1-8-4-9(6-10(14)5-8)13-16-11-2-3-15-7-12(11)17-13;1-4-2-3/h2-7H,14H2,1H3;2H,1H3. The number of rotatable bonds is 2. The fourth-order valence-electron chi connectivity index (χ4n) is 1.84. The van der Waals surface area contributed by atoms with Gasteiger partial charge in [-0.25, -0.2) is 4.98 Å². The van der Waals surface area contributed by atoms with Crippen LogP contribution < -0.4 is 5.73 Å². The van der Waals surface area contributed by atoms with E-state index >= 15 is 0 Å². The van der Waals surface area contributed by atoms with E-state index in [-0.39, 0.29) is 0 Å². The highest BCUT2D eigenvalue weighted by molar-refractivity contribution is 7.21. The third-order valence-corrected chi connectivity index (χ3v) is 3.69. The molecule has 0 spiro atoms. The van der Waals surface area contributed by atoms with Crippen molar-refractivity contribution in [1.29, 1.82) is 0 Å². The Morgan fingerprint density at radius 2 is 2.10 bits per heavy atom. The molecule has 0 saturated carbocycles. The van der Waals surface area contributed by atoms with E-state index < -0.39 is 0 Å². The molecule has 21 heavy (non-hydrogen) atoms. The molecule has 1 aromatic carbocycles. The number of benzene rings is 1. The summed E-state index contributed by atoms with van der Waals surface area (Å²) in [6, 6.07) is 7.94. The molecule has 0 unspecified atom stereocenters. The predicted molar refractivity (Wildman–Crippen MR) is 85.1 cm³/mol. The molecule has 0 saturated heterocycles. The van der Waals surface area contributed by atoms with Gasteiger partial charge in [-0.2, -0.15) is 0 Å². The SMILES string of the molecule is COC=O.Cc1cc(N)cc(-c2nc3ccncc3s2)c1. The van der Waals surface area contributed by atoms with Gasteiger partial charge in [0.2, 0.25) is 0 Å². The van der Waals surface area contributed by atoms with Gasteiger partial charge in [-0.3, -0.25) is 9.78 Å². The Hall–Kier alpha value is -2.47. The van der Waals surface area contributed by atoms with E-state index in [0.29, 0.717) is 6.47 Å². The molecule has 0 aliphatic heterocycles. The topological polar surface area (TPSA) is 78.1 Å². The molecule has 0 amide bonds. The zero-order valence-corrected chi connectivity index (χ0v) is 12.6. The molecule has 3 rings (SSSR count). The number of nitrogen functional groups attached to an aromatic ring is 1. The summed E-state index contributed by atoms with van der Waals surface area (Å²) in [4.78, 5) is 17.6. The Morgan fingerprint density at radius 3 is 2.71 bits per heavy atom. The number of thiazole rings is 1. The van der Waals surface area contributed by atoms with Crippen LogP contribution in [0.4, 0.5) is 5.69 Å². The molecule has 5 nitrogen and oxygen atoms in total. The third kappa shape index (κ3) is 3.76. The minimum Gasteiger partial charge on any atom is -0.471 e. The first kappa shape index (κ1) is 14.9. The molecule has 0 radical (unpaired) electrons. The summed E-state index contributed by atoms with van der Waals surface area (Å²) >= 11 is 1.64. The van der Waals surface area contributed by atoms with E-state index in [1.54, 1.807) is 17.5 Å². The number of aromatic nitrogens is 2. The lowest BCUT2D eigenvalue weighted by molar-refractivity contribution is -0.126. The summed E-state index contributed by atoms with van der Waals surface area (Å²) < 4.78 is 4.96. The fourth-order valence-corrected chi connectivity index (χ4v) is 2.76. The first-order valence-corrected chi connectivity index (χ1v) is 7.00. The lowest BCUT2D eigenvalue weighted by Crippen LogP contribution is -1.87. The molecule has 0 bridgehead atoms. The lowest BCUT2D eigenvalue weighted by Gasteiger charge is -2.00. The quantitative estimate of drug-likeness (QED) is 0.581. The minimum absolute atomic E-state index is 0.375. The van der Waals surface area contributed by atoms with E-state index in [1.165, 1.54) is 7.11 Å². The van der Waals surface area contributed by atoms with Crippen molar-refractivity contribution in [2.75, 3.05) is 12.8 Å². The number of carbonyl (C=O) groups is 1. The van der Waals surface area contributed by atoms with Crippen molar-refractivity contribution in [2.24, 2.45) is 0 Å². The van der Waals surface area contributed by atoms with Crippen LogP contribution in [0, 0.1) is 6.92 Å². The number of aryl methyl sites for hydroxylation is 1. The second-order valence-corrected chi connectivity index (χ2v) is 5.36. The Bertz CT molecular complexity index is 702.